The quantitative estimate of drug-likeness (QED) is 0.571. The second-order valence-electron chi connectivity index (χ2n) is 6.63. The average Bonchev–Trinajstić information content (AvgIpc) is 2.38. The lowest BCUT2D eigenvalue weighted by Crippen LogP contribution is -2.52. The maximum atomic E-state index is 12.6. The lowest BCUT2D eigenvalue weighted by atomic mass is 9.49. The van der Waals surface area contributed by atoms with Crippen molar-refractivity contribution < 1.29 is 9.59 Å². The summed E-state index contributed by atoms with van der Waals surface area (Å²) in [6.45, 7) is 17.0. The van der Waals surface area contributed by atoms with Gasteiger partial charge in [0.1, 0.15) is 11.6 Å². The highest BCUT2D eigenvalue weighted by Gasteiger charge is 2.55. The number of carbonyl (C=O) groups is 2. The Bertz CT molecular complexity index is 428. The summed E-state index contributed by atoms with van der Waals surface area (Å²) in [6.07, 6.45) is 10.7. The predicted molar refractivity (Wildman–Crippen MR) is 92.5 cm³/mol. The molecule has 0 amide bonds. The van der Waals surface area contributed by atoms with Crippen molar-refractivity contribution in [3.8, 4) is 0 Å². The van der Waals surface area contributed by atoms with Gasteiger partial charge in [-0.15, -0.1) is 26.3 Å². The lowest BCUT2D eigenvalue weighted by molar-refractivity contribution is -0.146. The summed E-state index contributed by atoms with van der Waals surface area (Å²) >= 11 is 0. The largest absolute Gasteiger partial charge is 0.300 e. The van der Waals surface area contributed by atoms with E-state index in [4.69, 9.17) is 0 Å². The summed E-state index contributed by atoms with van der Waals surface area (Å²) in [6, 6.07) is 0. The number of ketones is 2. The first kappa shape index (κ1) is 18.3. The molecule has 22 heavy (non-hydrogen) atoms. The van der Waals surface area contributed by atoms with Gasteiger partial charge in [0, 0.05) is 18.8 Å². The summed E-state index contributed by atoms with van der Waals surface area (Å²) in [5.41, 5.74) is -0.812. The number of allylic oxidation sites excluding steroid dienone is 4. The molecule has 0 saturated heterocycles. The Morgan fingerprint density at radius 1 is 0.955 bits per heavy atom. The molecule has 0 N–H and O–H groups in total. The fraction of sp³-hybridized carbons (Fsp3) is 0.500. The minimum Gasteiger partial charge on any atom is -0.300 e. The van der Waals surface area contributed by atoms with Crippen molar-refractivity contribution in [3.63, 3.8) is 0 Å². The third-order valence-corrected chi connectivity index (χ3v) is 4.93. The van der Waals surface area contributed by atoms with Gasteiger partial charge in [0.05, 0.1) is 0 Å². The molecular formula is C20H28O2. The van der Waals surface area contributed by atoms with Crippen LogP contribution in [0.1, 0.15) is 45.4 Å². The Hall–Kier alpha value is -1.70. The van der Waals surface area contributed by atoms with Gasteiger partial charge in [0.15, 0.2) is 0 Å². The second kappa shape index (κ2) is 7.53. The van der Waals surface area contributed by atoms with Crippen LogP contribution in [0.25, 0.3) is 0 Å². The molecule has 0 spiro atoms. The van der Waals surface area contributed by atoms with E-state index in [1.54, 1.807) is 6.92 Å². The van der Waals surface area contributed by atoms with Crippen LogP contribution in [0.2, 0.25) is 0 Å². The summed E-state index contributed by atoms with van der Waals surface area (Å²) in [7, 11) is 0. The van der Waals surface area contributed by atoms with Crippen LogP contribution in [-0.2, 0) is 9.59 Å². The molecule has 1 aliphatic rings. The standard InChI is InChI=1S/C20H28O2/c1-6-10-19(11-7-2)14-17(22)15-20(12-8-3,13-9-4)18(19)16(5)21/h6-9,18H,1-4,10-15H2,5H3. The Labute approximate surface area is 134 Å². The predicted octanol–water partition coefficient (Wildman–Crippen LogP) is 4.83. The van der Waals surface area contributed by atoms with Crippen LogP contribution in [0.3, 0.4) is 0 Å². The van der Waals surface area contributed by atoms with Gasteiger partial charge in [0.25, 0.3) is 0 Å². The van der Waals surface area contributed by atoms with Crippen LogP contribution >= 0.6 is 0 Å². The van der Waals surface area contributed by atoms with E-state index in [1.165, 1.54) is 0 Å². The Balaban J connectivity index is 3.52. The van der Waals surface area contributed by atoms with Gasteiger partial charge in [-0.1, -0.05) is 24.3 Å². The molecule has 0 heterocycles. The van der Waals surface area contributed by atoms with E-state index >= 15 is 0 Å². The van der Waals surface area contributed by atoms with Crippen molar-refractivity contribution in [2.24, 2.45) is 16.7 Å². The number of hydrogen-bond acceptors (Lipinski definition) is 2. The maximum Gasteiger partial charge on any atom is 0.134 e. The summed E-state index contributed by atoms with van der Waals surface area (Å²) in [5.74, 6) is 0.148. The van der Waals surface area contributed by atoms with Gasteiger partial charge in [0.2, 0.25) is 0 Å². The zero-order valence-electron chi connectivity index (χ0n) is 13.8. The van der Waals surface area contributed by atoms with E-state index in [9.17, 15) is 9.59 Å². The fourth-order valence-electron chi connectivity index (χ4n) is 4.64. The first-order valence-electron chi connectivity index (χ1n) is 7.87. The number of Topliss-reactive ketones (excluding diaryl/α,β-unsaturated/α-hetero) is 2. The SMILES string of the molecule is C=CCC1(CC=C)CC(=O)CC(CC=C)(CC=C)C1C(C)=O. The highest BCUT2D eigenvalue weighted by atomic mass is 16.1. The van der Waals surface area contributed by atoms with Crippen molar-refractivity contribution in [2.75, 3.05) is 0 Å². The summed E-state index contributed by atoms with van der Waals surface area (Å²) in [5, 5.41) is 0. The van der Waals surface area contributed by atoms with Gasteiger partial charge < -0.3 is 0 Å². The minimum atomic E-state index is -0.406. The van der Waals surface area contributed by atoms with Crippen molar-refractivity contribution in [1.29, 1.82) is 0 Å². The normalized spacial score (nSPS) is 20.1. The molecule has 0 radical (unpaired) electrons. The van der Waals surface area contributed by atoms with Gasteiger partial charge in [-0.3, -0.25) is 9.59 Å². The van der Waals surface area contributed by atoms with E-state index in [2.05, 4.69) is 26.3 Å². The van der Waals surface area contributed by atoms with E-state index in [-0.39, 0.29) is 17.5 Å². The van der Waals surface area contributed by atoms with Crippen LogP contribution in [0.15, 0.2) is 50.6 Å². The van der Waals surface area contributed by atoms with Gasteiger partial charge in [-0.25, -0.2) is 0 Å². The molecule has 1 rings (SSSR count). The van der Waals surface area contributed by atoms with Gasteiger partial charge in [-0.05, 0) is 43.4 Å². The minimum absolute atomic E-state index is 0.139. The number of carbonyl (C=O) groups excluding carboxylic acids is 2. The molecule has 0 aromatic rings. The molecule has 0 bridgehead atoms. The molecule has 0 aliphatic heterocycles. The van der Waals surface area contributed by atoms with Crippen LogP contribution in [0, 0.1) is 16.7 Å². The van der Waals surface area contributed by atoms with Gasteiger partial charge >= 0.3 is 0 Å². The molecule has 120 valence electrons. The second-order valence-corrected chi connectivity index (χ2v) is 6.63. The first-order valence-corrected chi connectivity index (χ1v) is 7.87. The molecule has 1 aliphatic carbocycles. The van der Waals surface area contributed by atoms with Crippen molar-refractivity contribution in [2.45, 2.75) is 45.4 Å². The molecule has 0 aromatic carbocycles. The Kier molecular flexibility index (Phi) is 6.28. The lowest BCUT2D eigenvalue weighted by Gasteiger charge is -2.53. The summed E-state index contributed by atoms with van der Waals surface area (Å²) < 4.78 is 0. The molecule has 2 nitrogen and oxygen atoms in total. The number of hydrogen-bond donors (Lipinski definition) is 0. The molecule has 1 fully saturated rings. The smallest absolute Gasteiger partial charge is 0.134 e. The maximum absolute atomic E-state index is 12.6. The zero-order chi connectivity index (χ0) is 16.8. The van der Waals surface area contributed by atoms with Crippen molar-refractivity contribution in [3.05, 3.63) is 50.6 Å². The van der Waals surface area contributed by atoms with E-state index in [0.29, 0.717) is 38.5 Å². The number of rotatable bonds is 9. The van der Waals surface area contributed by atoms with Crippen molar-refractivity contribution in [1.82, 2.24) is 0 Å². The van der Waals surface area contributed by atoms with Crippen LogP contribution in [-0.4, -0.2) is 11.6 Å². The van der Waals surface area contributed by atoms with Crippen molar-refractivity contribution >= 4 is 11.6 Å². The third kappa shape index (κ3) is 3.37. The monoisotopic (exact) mass is 300 g/mol. The first-order chi connectivity index (χ1) is 10.4. The fourth-order valence-corrected chi connectivity index (χ4v) is 4.64. The van der Waals surface area contributed by atoms with Crippen LogP contribution in [0.4, 0.5) is 0 Å². The molecule has 0 atom stereocenters. The Morgan fingerprint density at radius 3 is 1.50 bits per heavy atom. The van der Waals surface area contributed by atoms with Crippen LogP contribution in [0.5, 0.6) is 0 Å². The van der Waals surface area contributed by atoms with Crippen LogP contribution < -0.4 is 0 Å². The van der Waals surface area contributed by atoms with Gasteiger partial charge in [-0.2, -0.15) is 0 Å². The molecule has 2 heteroatoms. The molecule has 0 aromatic heterocycles. The van der Waals surface area contributed by atoms with E-state index in [0.717, 1.165) is 0 Å². The highest BCUT2D eigenvalue weighted by Crippen LogP contribution is 2.57. The molecular weight excluding hydrogens is 272 g/mol. The third-order valence-electron chi connectivity index (χ3n) is 4.93. The highest BCUT2D eigenvalue weighted by molar-refractivity contribution is 5.88. The Morgan fingerprint density at radius 2 is 1.27 bits per heavy atom. The van der Waals surface area contributed by atoms with E-state index < -0.39 is 10.8 Å². The topological polar surface area (TPSA) is 34.1 Å². The average molecular weight is 300 g/mol. The summed E-state index contributed by atoms with van der Waals surface area (Å²) in [4.78, 5) is 25.1. The molecule has 0 unspecified atom stereocenters. The molecule has 1 saturated carbocycles. The zero-order valence-corrected chi connectivity index (χ0v) is 13.8. The van der Waals surface area contributed by atoms with E-state index in [1.807, 2.05) is 24.3 Å².